The van der Waals surface area contributed by atoms with Gasteiger partial charge >= 0.3 is 0 Å². The molecule has 0 amide bonds. The maximum absolute atomic E-state index is 6.15. The first-order chi connectivity index (χ1) is 8.60. The van der Waals surface area contributed by atoms with Crippen LogP contribution < -0.4 is 11.3 Å². The molecule has 1 atom stereocenters. The minimum absolute atomic E-state index is 0.0250. The van der Waals surface area contributed by atoms with Gasteiger partial charge in [0.1, 0.15) is 0 Å². The van der Waals surface area contributed by atoms with E-state index in [1.807, 2.05) is 12.1 Å². The molecule has 5 heteroatoms. The number of benzene rings is 1. The Labute approximate surface area is 121 Å². The van der Waals surface area contributed by atoms with Gasteiger partial charge in [-0.1, -0.05) is 53.0 Å². The van der Waals surface area contributed by atoms with E-state index in [2.05, 4.69) is 30.5 Å². The molecule has 3 N–H and O–H groups in total. The maximum Gasteiger partial charge on any atom is 0.0992 e. The van der Waals surface area contributed by atoms with E-state index in [9.17, 15) is 0 Å². The number of rotatable bonds is 4. The van der Waals surface area contributed by atoms with Gasteiger partial charge in [0.05, 0.1) is 14.7 Å². The molecular formula is C13H14Cl2N2S. The molecule has 0 fully saturated rings. The van der Waals surface area contributed by atoms with Crippen LogP contribution >= 0.6 is 34.5 Å². The molecule has 0 bridgehead atoms. The van der Waals surface area contributed by atoms with Crippen molar-refractivity contribution in [1.82, 2.24) is 5.43 Å². The summed E-state index contributed by atoms with van der Waals surface area (Å²) >= 11 is 13.5. The summed E-state index contributed by atoms with van der Waals surface area (Å²) in [6.45, 7) is 2.07. The van der Waals surface area contributed by atoms with Crippen LogP contribution in [0.4, 0.5) is 0 Å². The van der Waals surface area contributed by atoms with Gasteiger partial charge in [0.25, 0.3) is 0 Å². The predicted molar refractivity (Wildman–Crippen MR) is 79.3 cm³/mol. The van der Waals surface area contributed by atoms with Crippen LogP contribution in [0.25, 0.3) is 0 Å². The number of hydrogen-bond donors (Lipinski definition) is 2. The second kappa shape index (κ2) is 6.04. The van der Waals surface area contributed by atoms with Gasteiger partial charge in [-0.05, 0) is 25.0 Å². The van der Waals surface area contributed by atoms with Crippen LogP contribution in [-0.4, -0.2) is 0 Å². The van der Waals surface area contributed by atoms with Crippen LogP contribution in [0.1, 0.15) is 22.7 Å². The van der Waals surface area contributed by atoms with Crippen molar-refractivity contribution in [2.45, 2.75) is 19.4 Å². The highest BCUT2D eigenvalue weighted by molar-refractivity contribution is 7.20. The Hall–Kier alpha value is -0.580. The minimum atomic E-state index is -0.0250. The van der Waals surface area contributed by atoms with Crippen LogP contribution in [0, 0.1) is 6.92 Å². The van der Waals surface area contributed by atoms with Gasteiger partial charge in [-0.3, -0.25) is 11.3 Å². The number of thiophene rings is 1. The Bertz CT molecular complexity index is 540. The fourth-order valence-corrected chi connectivity index (χ4v) is 3.50. The quantitative estimate of drug-likeness (QED) is 0.659. The minimum Gasteiger partial charge on any atom is -0.271 e. The van der Waals surface area contributed by atoms with Crippen LogP contribution in [-0.2, 0) is 6.42 Å². The van der Waals surface area contributed by atoms with Crippen molar-refractivity contribution >= 4 is 34.5 Å². The molecule has 1 heterocycles. The van der Waals surface area contributed by atoms with E-state index < -0.39 is 0 Å². The fourth-order valence-electron chi connectivity index (χ4n) is 1.92. The Morgan fingerprint density at radius 2 is 2.11 bits per heavy atom. The first kappa shape index (κ1) is 13.8. The first-order valence-corrected chi connectivity index (χ1v) is 7.14. The second-order valence-electron chi connectivity index (χ2n) is 4.19. The fraction of sp³-hybridized carbons (Fsp3) is 0.231. The van der Waals surface area contributed by atoms with Crippen molar-refractivity contribution in [1.29, 1.82) is 0 Å². The van der Waals surface area contributed by atoms with E-state index in [1.54, 1.807) is 0 Å². The Kier molecular flexibility index (Phi) is 4.65. The van der Waals surface area contributed by atoms with Gasteiger partial charge in [-0.25, -0.2) is 0 Å². The number of nitrogens with one attached hydrogen (secondary N) is 1. The van der Waals surface area contributed by atoms with Crippen molar-refractivity contribution in [2.75, 3.05) is 0 Å². The van der Waals surface area contributed by atoms with Crippen LogP contribution in [0.3, 0.4) is 0 Å². The summed E-state index contributed by atoms with van der Waals surface area (Å²) in [6.07, 6.45) is 0.783. The number of nitrogens with two attached hydrogens (primary N) is 1. The maximum atomic E-state index is 6.15. The van der Waals surface area contributed by atoms with Gasteiger partial charge in [-0.2, -0.15) is 0 Å². The highest BCUT2D eigenvalue weighted by Crippen LogP contribution is 2.35. The molecule has 2 rings (SSSR count). The zero-order valence-electron chi connectivity index (χ0n) is 9.91. The number of halogens is 2. The molecule has 18 heavy (non-hydrogen) atoms. The summed E-state index contributed by atoms with van der Waals surface area (Å²) in [4.78, 5) is 0. The van der Waals surface area contributed by atoms with Crippen LogP contribution in [0.5, 0.6) is 0 Å². The molecule has 96 valence electrons. The van der Waals surface area contributed by atoms with E-state index in [-0.39, 0.29) is 6.04 Å². The van der Waals surface area contributed by atoms with E-state index >= 15 is 0 Å². The third-order valence-corrected chi connectivity index (χ3v) is 4.30. The van der Waals surface area contributed by atoms with Crippen molar-refractivity contribution in [3.8, 4) is 0 Å². The lowest BCUT2D eigenvalue weighted by atomic mass is 10.0. The molecule has 0 aliphatic rings. The molecule has 0 aliphatic heterocycles. The number of hydrazine groups is 1. The first-order valence-electron chi connectivity index (χ1n) is 5.56. The number of hydrogen-bond acceptors (Lipinski definition) is 3. The smallest absolute Gasteiger partial charge is 0.0992 e. The van der Waals surface area contributed by atoms with Gasteiger partial charge in [0.15, 0.2) is 0 Å². The zero-order valence-corrected chi connectivity index (χ0v) is 12.2. The van der Waals surface area contributed by atoms with Gasteiger partial charge < -0.3 is 0 Å². The Morgan fingerprint density at radius 3 is 2.67 bits per heavy atom. The van der Waals surface area contributed by atoms with Crippen LogP contribution in [0.15, 0.2) is 30.3 Å². The van der Waals surface area contributed by atoms with E-state index in [1.165, 1.54) is 22.5 Å². The summed E-state index contributed by atoms with van der Waals surface area (Å²) in [5.41, 5.74) is 6.21. The van der Waals surface area contributed by atoms with Crippen molar-refractivity contribution in [2.24, 2.45) is 5.84 Å². The molecular weight excluding hydrogens is 287 g/mol. The molecule has 0 radical (unpaired) electrons. The SMILES string of the molecule is Cc1cccc(CC(NN)c2cc(Cl)sc2Cl)c1. The van der Waals surface area contributed by atoms with Gasteiger partial charge in [-0.15, -0.1) is 11.3 Å². The Balaban J connectivity index is 2.22. The summed E-state index contributed by atoms with van der Waals surface area (Å²) < 4.78 is 1.37. The lowest BCUT2D eigenvalue weighted by molar-refractivity contribution is 0.553. The molecule has 1 unspecified atom stereocenters. The third-order valence-electron chi connectivity index (χ3n) is 2.78. The average Bonchev–Trinajstić information content (AvgIpc) is 2.65. The molecule has 2 nitrogen and oxygen atoms in total. The highest BCUT2D eigenvalue weighted by atomic mass is 35.5. The summed E-state index contributed by atoms with van der Waals surface area (Å²) in [5.74, 6) is 5.62. The third kappa shape index (κ3) is 3.25. The average molecular weight is 301 g/mol. The Morgan fingerprint density at radius 1 is 1.33 bits per heavy atom. The number of aryl methyl sites for hydroxylation is 1. The summed E-state index contributed by atoms with van der Waals surface area (Å²) in [6, 6.07) is 10.2. The van der Waals surface area contributed by atoms with Crippen molar-refractivity contribution in [3.63, 3.8) is 0 Å². The standard InChI is InChI=1S/C13H14Cl2N2S/c1-8-3-2-4-9(5-8)6-11(17-16)10-7-12(14)18-13(10)15/h2-5,7,11,17H,6,16H2,1H3. The van der Waals surface area contributed by atoms with E-state index in [0.29, 0.717) is 8.67 Å². The summed E-state index contributed by atoms with van der Waals surface area (Å²) in [5, 5.41) is 0. The normalized spacial score (nSPS) is 12.7. The van der Waals surface area contributed by atoms with Crippen molar-refractivity contribution in [3.05, 3.63) is 55.7 Å². The molecule has 0 aliphatic carbocycles. The monoisotopic (exact) mass is 300 g/mol. The molecule has 0 saturated heterocycles. The summed E-state index contributed by atoms with van der Waals surface area (Å²) in [7, 11) is 0. The molecule has 1 aromatic heterocycles. The molecule has 0 saturated carbocycles. The molecule has 0 spiro atoms. The molecule has 1 aromatic carbocycles. The van der Waals surface area contributed by atoms with Crippen molar-refractivity contribution < 1.29 is 0 Å². The lowest BCUT2D eigenvalue weighted by Crippen LogP contribution is -2.29. The predicted octanol–water partition coefficient (Wildman–Crippen LogP) is 4.11. The van der Waals surface area contributed by atoms with E-state index in [4.69, 9.17) is 29.0 Å². The highest BCUT2D eigenvalue weighted by Gasteiger charge is 2.17. The second-order valence-corrected chi connectivity index (χ2v) is 6.48. The van der Waals surface area contributed by atoms with Gasteiger partial charge in [0, 0.05) is 5.56 Å². The zero-order chi connectivity index (χ0) is 13.1. The van der Waals surface area contributed by atoms with Gasteiger partial charge in [0.2, 0.25) is 0 Å². The topological polar surface area (TPSA) is 38.0 Å². The largest absolute Gasteiger partial charge is 0.271 e. The van der Waals surface area contributed by atoms with E-state index in [0.717, 1.165) is 12.0 Å². The van der Waals surface area contributed by atoms with Crippen LogP contribution in [0.2, 0.25) is 8.67 Å². The lowest BCUT2D eigenvalue weighted by Gasteiger charge is -2.15. The molecule has 2 aromatic rings.